The van der Waals surface area contributed by atoms with Crippen molar-refractivity contribution < 1.29 is 19.1 Å². The highest BCUT2D eigenvalue weighted by atomic mass is 16.5. The molecule has 2 N–H and O–H groups in total. The van der Waals surface area contributed by atoms with E-state index in [9.17, 15) is 9.59 Å². The van der Waals surface area contributed by atoms with Gasteiger partial charge in [0.25, 0.3) is 0 Å². The van der Waals surface area contributed by atoms with Crippen molar-refractivity contribution in [3.05, 3.63) is 24.3 Å². The minimum absolute atomic E-state index is 0.0481. The van der Waals surface area contributed by atoms with Crippen LogP contribution in [0.3, 0.4) is 0 Å². The monoisotopic (exact) mass is 361 g/mol. The molecule has 2 aliphatic heterocycles. The Hall–Kier alpha value is -2.44. The number of para-hydroxylation sites is 2. The number of nitrogens with zero attached hydrogens (tertiary/aromatic N) is 1. The third-order valence-electron chi connectivity index (χ3n) is 5.24. The van der Waals surface area contributed by atoms with Gasteiger partial charge in [0, 0.05) is 26.1 Å². The van der Waals surface area contributed by atoms with Crippen molar-refractivity contribution in [1.29, 1.82) is 0 Å². The first-order chi connectivity index (χ1) is 12.5. The molecule has 1 aromatic carbocycles. The summed E-state index contributed by atoms with van der Waals surface area (Å²) in [5.74, 6) is 1.46. The Morgan fingerprint density at radius 3 is 2.62 bits per heavy atom. The second kappa shape index (κ2) is 7.85. The van der Waals surface area contributed by atoms with E-state index in [-0.39, 0.29) is 23.4 Å². The summed E-state index contributed by atoms with van der Waals surface area (Å²) in [6.45, 7) is 4.38. The third-order valence-corrected chi connectivity index (χ3v) is 5.24. The van der Waals surface area contributed by atoms with E-state index in [0.717, 1.165) is 19.4 Å². The highest BCUT2D eigenvalue weighted by Crippen LogP contribution is 2.37. The molecule has 26 heavy (non-hydrogen) atoms. The highest BCUT2D eigenvalue weighted by molar-refractivity contribution is 5.79. The van der Waals surface area contributed by atoms with Gasteiger partial charge in [-0.2, -0.15) is 0 Å². The van der Waals surface area contributed by atoms with Crippen molar-refractivity contribution in [2.45, 2.75) is 32.2 Å². The number of urea groups is 1. The van der Waals surface area contributed by atoms with E-state index in [4.69, 9.17) is 9.47 Å². The zero-order valence-corrected chi connectivity index (χ0v) is 15.4. The minimum Gasteiger partial charge on any atom is -0.493 e. The zero-order valence-electron chi connectivity index (χ0n) is 15.4. The van der Waals surface area contributed by atoms with E-state index in [2.05, 4.69) is 10.6 Å². The number of nitrogens with one attached hydrogen (secondary N) is 2. The first kappa shape index (κ1) is 18.4. The van der Waals surface area contributed by atoms with Crippen LogP contribution in [0.4, 0.5) is 4.79 Å². The Kier molecular flexibility index (Phi) is 5.54. The van der Waals surface area contributed by atoms with Gasteiger partial charge in [0.2, 0.25) is 5.91 Å². The van der Waals surface area contributed by atoms with Gasteiger partial charge in [0.05, 0.1) is 13.2 Å². The number of carbonyl (C=O) groups is 2. The van der Waals surface area contributed by atoms with Crippen LogP contribution in [0.2, 0.25) is 0 Å². The van der Waals surface area contributed by atoms with Gasteiger partial charge in [-0.1, -0.05) is 12.1 Å². The smallest absolute Gasteiger partial charge is 0.317 e. The molecule has 7 heteroatoms. The lowest BCUT2D eigenvalue weighted by atomic mass is 9.78. The van der Waals surface area contributed by atoms with Gasteiger partial charge < -0.3 is 25.0 Å². The molecular weight excluding hydrogens is 334 g/mol. The lowest BCUT2D eigenvalue weighted by molar-refractivity contribution is -0.119. The number of benzene rings is 1. The van der Waals surface area contributed by atoms with Crippen LogP contribution in [0.5, 0.6) is 11.5 Å². The first-order valence-corrected chi connectivity index (χ1v) is 9.09. The predicted octanol–water partition coefficient (Wildman–Crippen LogP) is 1.77. The van der Waals surface area contributed by atoms with Gasteiger partial charge in [0.15, 0.2) is 11.5 Å². The minimum atomic E-state index is -0.127. The van der Waals surface area contributed by atoms with Crippen LogP contribution >= 0.6 is 0 Å². The van der Waals surface area contributed by atoms with Gasteiger partial charge in [0.1, 0.15) is 6.61 Å². The van der Waals surface area contributed by atoms with Crippen molar-refractivity contribution in [3.63, 3.8) is 0 Å². The number of methoxy groups -OCH3 is 1. The van der Waals surface area contributed by atoms with Crippen LogP contribution in [0.25, 0.3) is 0 Å². The molecule has 0 bridgehead atoms. The molecule has 0 radical (unpaired) electrons. The van der Waals surface area contributed by atoms with Crippen LogP contribution in [0.15, 0.2) is 24.3 Å². The molecule has 2 saturated heterocycles. The molecule has 2 heterocycles. The molecule has 3 amide bonds. The van der Waals surface area contributed by atoms with E-state index in [1.807, 2.05) is 36.1 Å². The number of rotatable bonds is 5. The number of hydrogen-bond donors (Lipinski definition) is 2. The third kappa shape index (κ3) is 4.20. The standard InChI is InChI=1S/C19H27N3O4/c1-14(12-26-16-6-4-3-5-15(16)25-2)21-18(24)22-9-7-19(8-10-22)11-17(23)20-13-19/h3-6,14H,7-13H2,1-2H3,(H,20,23)(H,21,24)/t14-/m1/s1. The summed E-state index contributed by atoms with van der Waals surface area (Å²) in [6.07, 6.45) is 2.32. The zero-order chi connectivity index (χ0) is 18.6. The normalized spacial score (nSPS) is 19.8. The maximum Gasteiger partial charge on any atom is 0.317 e. The topological polar surface area (TPSA) is 79.9 Å². The van der Waals surface area contributed by atoms with E-state index in [1.54, 1.807) is 7.11 Å². The predicted molar refractivity (Wildman–Crippen MR) is 97.3 cm³/mol. The fourth-order valence-corrected chi connectivity index (χ4v) is 3.59. The van der Waals surface area contributed by atoms with Crippen LogP contribution in [-0.2, 0) is 4.79 Å². The molecule has 1 aromatic rings. The second-order valence-corrected chi connectivity index (χ2v) is 7.25. The molecule has 1 atom stereocenters. The molecular formula is C19H27N3O4. The van der Waals surface area contributed by atoms with E-state index in [1.165, 1.54) is 0 Å². The molecule has 0 saturated carbocycles. The van der Waals surface area contributed by atoms with Gasteiger partial charge >= 0.3 is 6.03 Å². The summed E-state index contributed by atoms with van der Waals surface area (Å²) < 4.78 is 11.0. The Labute approximate surface area is 154 Å². The van der Waals surface area contributed by atoms with Crippen molar-refractivity contribution in [1.82, 2.24) is 15.5 Å². The Morgan fingerprint density at radius 1 is 1.31 bits per heavy atom. The molecule has 3 rings (SSSR count). The molecule has 2 fully saturated rings. The molecule has 0 aliphatic carbocycles. The van der Waals surface area contributed by atoms with Crippen molar-refractivity contribution in [2.24, 2.45) is 5.41 Å². The SMILES string of the molecule is COc1ccccc1OC[C@@H](C)NC(=O)N1CCC2(CC1)CNC(=O)C2. The van der Waals surface area contributed by atoms with E-state index >= 15 is 0 Å². The summed E-state index contributed by atoms with van der Waals surface area (Å²) in [5, 5.41) is 5.90. The van der Waals surface area contributed by atoms with Gasteiger partial charge in [-0.05, 0) is 37.3 Å². The summed E-state index contributed by atoms with van der Waals surface area (Å²) in [6, 6.07) is 7.24. The quantitative estimate of drug-likeness (QED) is 0.838. The lowest BCUT2D eigenvalue weighted by Crippen LogP contribution is -2.50. The number of carbonyl (C=O) groups excluding carboxylic acids is 2. The average Bonchev–Trinajstić information content (AvgIpc) is 3.00. The second-order valence-electron chi connectivity index (χ2n) is 7.25. The maximum atomic E-state index is 12.5. The molecule has 7 nitrogen and oxygen atoms in total. The fraction of sp³-hybridized carbons (Fsp3) is 0.579. The highest BCUT2D eigenvalue weighted by Gasteiger charge is 2.41. The van der Waals surface area contributed by atoms with Crippen molar-refractivity contribution >= 4 is 11.9 Å². The Morgan fingerprint density at radius 2 is 2.00 bits per heavy atom. The Balaban J connectivity index is 1.44. The van der Waals surface area contributed by atoms with Crippen LogP contribution in [0, 0.1) is 5.41 Å². The number of likely N-dealkylation sites (tertiary alicyclic amines) is 1. The first-order valence-electron chi connectivity index (χ1n) is 9.09. The molecule has 0 aromatic heterocycles. The number of piperidine rings is 1. The largest absolute Gasteiger partial charge is 0.493 e. The number of ether oxygens (including phenoxy) is 2. The lowest BCUT2D eigenvalue weighted by Gasteiger charge is -2.38. The molecule has 0 unspecified atom stereocenters. The van der Waals surface area contributed by atoms with Crippen LogP contribution in [-0.4, -0.2) is 56.2 Å². The van der Waals surface area contributed by atoms with Gasteiger partial charge in [-0.15, -0.1) is 0 Å². The van der Waals surface area contributed by atoms with Gasteiger partial charge in [-0.3, -0.25) is 4.79 Å². The number of amides is 3. The summed E-state index contributed by atoms with van der Waals surface area (Å²) in [7, 11) is 1.60. The summed E-state index contributed by atoms with van der Waals surface area (Å²) in [5.41, 5.74) is 0.0481. The van der Waals surface area contributed by atoms with Crippen LogP contribution < -0.4 is 20.1 Å². The summed E-state index contributed by atoms with van der Waals surface area (Å²) >= 11 is 0. The van der Waals surface area contributed by atoms with E-state index < -0.39 is 0 Å². The molecule has 1 spiro atoms. The van der Waals surface area contributed by atoms with Crippen LogP contribution in [0.1, 0.15) is 26.2 Å². The average molecular weight is 361 g/mol. The fourth-order valence-electron chi connectivity index (χ4n) is 3.59. The van der Waals surface area contributed by atoms with Gasteiger partial charge in [-0.25, -0.2) is 4.79 Å². The molecule has 142 valence electrons. The van der Waals surface area contributed by atoms with Crippen molar-refractivity contribution in [3.8, 4) is 11.5 Å². The van der Waals surface area contributed by atoms with E-state index in [0.29, 0.717) is 37.6 Å². The van der Waals surface area contributed by atoms with Crippen molar-refractivity contribution in [2.75, 3.05) is 33.4 Å². The maximum absolute atomic E-state index is 12.5. The Bertz CT molecular complexity index is 656. The summed E-state index contributed by atoms with van der Waals surface area (Å²) in [4.78, 5) is 25.8. The number of hydrogen-bond acceptors (Lipinski definition) is 4. The molecule has 2 aliphatic rings.